The minimum Gasteiger partial charge on any atom is -0.462 e. The van der Waals surface area contributed by atoms with Crippen molar-refractivity contribution < 1.29 is 19.1 Å². The second-order valence-corrected chi connectivity index (χ2v) is 4.38. The van der Waals surface area contributed by atoms with Crippen molar-refractivity contribution in [3.05, 3.63) is 29.8 Å². The van der Waals surface area contributed by atoms with Crippen LogP contribution in [0.15, 0.2) is 24.3 Å². The van der Waals surface area contributed by atoms with Gasteiger partial charge < -0.3 is 15.4 Å². The minimum atomic E-state index is -0.748. The SMILES string of the molecule is CCOC(=O)c1ccc(NC(=O)C(=O)NC(C)C)cc1. The van der Waals surface area contributed by atoms with Crippen molar-refractivity contribution in [3.63, 3.8) is 0 Å². The Balaban J connectivity index is 2.63. The lowest BCUT2D eigenvalue weighted by molar-refractivity contribution is -0.136. The van der Waals surface area contributed by atoms with E-state index in [9.17, 15) is 14.4 Å². The molecule has 1 aromatic rings. The highest BCUT2D eigenvalue weighted by Gasteiger charge is 2.14. The quantitative estimate of drug-likeness (QED) is 0.642. The van der Waals surface area contributed by atoms with Crippen molar-refractivity contribution in [3.8, 4) is 0 Å². The second-order valence-electron chi connectivity index (χ2n) is 4.38. The molecule has 0 aliphatic rings. The Hall–Kier alpha value is -2.37. The Kier molecular flexibility index (Phi) is 5.71. The summed E-state index contributed by atoms with van der Waals surface area (Å²) >= 11 is 0. The molecule has 0 unspecified atom stereocenters. The molecule has 2 amide bonds. The van der Waals surface area contributed by atoms with Crippen molar-refractivity contribution in [1.29, 1.82) is 0 Å². The molecule has 6 nitrogen and oxygen atoms in total. The van der Waals surface area contributed by atoms with Crippen molar-refractivity contribution in [2.24, 2.45) is 0 Å². The molecule has 0 radical (unpaired) electrons. The normalized spacial score (nSPS) is 10.0. The highest BCUT2D eigenvalue weighted by molar-refractivity contribution is 6.39. The van der Waals surface area contributed by atoms with E-state index in [1.54, 1.807) is 20.8 Å². The summed E-state index contributed by atoms with van der Waals surface area (Å²) in [6.07, 6.45) is 0. The van der Waals surface area contributed by atoms with E-state index in [0.29, 0.717) is 17.9 Å². The van der Waals surface area contributed by atoms with Gasteiger partial charge in [0.2, 0.25) is 0 Å². The molecule has 0 aliphatic heterocycles. The van der Waals surface area contributed by atoms with Crippen LogP contribution in [0.4, 0.5) is 5.69 Å². The number of hydrogen-bond donors (Lipinski definition) is 2. The summed E-state index contributed by atoms with van der Waals surface area (Å²) in [6, 6.07) is 6.00. The van der Waals surface area contributed by atoms with Crippen LogP contribution in [-0.4, -0.2) is 30.4 Å². The molecule has 6 heteroatoms. The maximum absolute atomic E-state index is 11.6. The molecule has 108 valence electrons. The molecule has 2 N–H and O–H groups in total. The molecule has 0 aromatic heterocycles. The highest BCUT2D eigenvalue weighted by Crippen LogP contribution is 2.10. The van der Waals surface area contributed by atoms with Crippen LogP contribution >= 0.6 is 0 Å². The molecule has 1 aromatic carbocycles. The summed E-state index contributed by atoms with van der Waals surface area (Å²) in [5.74, 6) is -1.88. The highest BCUT2D eigenvalue weighted by atomic mass is 16.5. The van der Waals surface area contributed by atoms with E-state index < -0.39 is 17.8 Å². The first-order chi connectivity index (χ1) is 9.43. The van der Waals surface area contributed by atoms with Crippen molar-refractivity contribution in [2.75, 3.05) is 11.9 Å². The van der Waals surface area contributed by atoms with E-state index in [-0.39, 0.29) is 6.04 Å². The Morgan fingerprint density at radius 3 is 2.20 bits per heavy atom. The van der Waals surface area contributed by atoms with Gasteiger partial charge in [-0.25, -0.2) is 4.79 Å². The van der Waals surface area contributed by atoms with E-state index in [4.69, 9.17) is 4.74 Å². The third kappa shape index (κ3) is 4.72. The Bertz CT molecular complexity index is 494. The summed E-state index contributed by atoms with van der Waals surface area (Å²) in [7, 11) is 0. The van der Waals surface area contributed by atoms with Crippen LogP contribution in [0.5, 0.6) is 0 Å². The van der Waals surface area contributed by atoms with Gasteiger partial charge in [0, 0.05) is 11.7 Å². The summed E-state index contributed by atoms with van der Waals surface area (Å²) in [5, 5.41) is 4.93. The zero-order valence-corrected chi connectivity index (χ0v) is 11.7. The fraction of sp³-hybridized carbons (Fsp3) is 0.357. The standard InChI is InChI=1S/C14H18N2O4/c1-4-20-14(19)10-5-7-11(8-6-10)16-13(18)12(17)15-9(2)3/h5-9H,4H2,1-3H3,(H,15,17)(H,16,18). The van der Waals surface area contributed by atoms with Crippen LogP contribution in [-0.2, 0) is 14.3 Å². The molecule has 0 saturated heterocycles. The van der Waals surface area contributed by atoms with Crippen molar-refractivity contribution >= 4 is 23.5 Å². The van der Waals surface area contributed by atoms with Gasteiger partial charge in [-0.2, -0.15) is 0 Å². The average molecular weight is 278 g/mol. The predicted molar refractivity (Wildman–Crippen MR) is 74.3 cm³/mol. The van der Waals surface area contributed by atoms with Gasteiger partial charge in [-0.3, -0.25) is 9.59 Å². The number of nitrogens with one attached hydrogen (secondary N) is 2. The fourth-order valence-corrected chi connectivity index (χ4v) is 1.42. The van der Waals surface area contributed by atoms with Gasteiger partial charge in [0.15, 0.2) is 0 Å². The molecule has 20 heavy (non-hydrogen) atoms. The van der Waals surface area contributed by atoms with E-state index in [2.05, 4.69) is 10.6 Å². The number of anilines is 1. The van der Waals surface area contributed by atoms with Crippen molar-refractivity contribution in [2.45, 2.75) is 26.8 Å². The molecular weight excluding hydrogens is 260 g/mol. The lowest BCUT2D eigenvalue weighted by Crippen LogP contribution is -2.39. The lowest BCUT2D eigenvalue weighted by atomic mass is 10.2. The third-order valence-corrected chi connectivity index (χ3v) is 2.28. The number of ether oxygens (including phenoxy) is 1. The van der Waals surface area contributed by atoms with Crippen LogP contribution in [0.2, 0.25) is 0 Å². The van der Waals surface area contributed by atoms with Crippen molar-refractivity contribution in [1.82, 2.24) is 5.32 Å². The van der Waals surface area contributed by atoms with Gasteiger partial charge in [-0.05, 0) is 45.0 Å². The summed E-state index contributed by atoms with van der Waals surface area (Å²) in [4.78, 5) is 34.4. The molecule has 0 fully saturated rings. The van der Waals surface area contributed by atoms with Crippen LogP contribution in [0.1, 0.15) is 31.1 Å². The van der Waals surface area contributed by atoms with Crippen LogP contribution < -0.4 is 10.6 Å². The number of benzene rings is 1. The van der Waals surface area contributed by atoms with Gasteiger partial charge in [0.1, 0.15) is 0 Å². The van der Waals surface area contributed by atoms with Gasteiger partial charge in [0.25, 0.3) is 0 Å². The van der Waals surface area contributed by atoms with Gasteiger partial charge >= 0.3 is 17.8 Å². The smallest absolute Gasteiger partial charge is 0.338 e. The Labute approximate surface area is 117 Å². The lowest BCUT2D eigenvalue weighted by Gasteiger charge is -2.09. The van der Waals surface area contributed by atoms with Gasteiger partial charge in [0.05, 0.1) is 12.2 Å². The number of carbonyl (C=O) groups is 3. The molecule has 1 rings (SSSR count). The maximum atomic E-state index is 11.6. The van der Waals surface area contributed by atoms with E-state index in [1.165, 1.54) is 24.3 Å². The molecule has 0 heterocycles. The number of rotatable bonds is 4. The molecule has 0 spiro atoms. The average Bonchev–Trinajstić information content (AvgIpc) is 2.39. The molecule has 0 bridgehead atoms. The first-order valence-corrected chi connectivity index (χ1v) is 6.33. The molecule has 0 aliphatic carbocycles. The molecule has 0 saturated carbocycles. The van der Waals surface area contributed by atoms with Crippen LogP contribution in [0.3, 0.4) is 0 Å². The van der Waals surface area contributed by atoms with E-state index >= 15 is 0 Å². The Morgan fingerprint density at radius 1 is 1.10 bits per heavy atom. The topological polar surface area (TPSA) is 84.5 Å². The summed E-state index contributed by atoms with van der Waals surface area (Å²) < 4.78 is 4.84. The largest absolute Gasteiger partial charge is 0.462 e. The maximum Gasteiger partial charge on any atom is 0.338 e. The summed E-state index contributed by atoms with van der Waals surface area (Å²) in [6.45, 7) is 5.55. The van der Waals surface area contributed by atoms with Gasteiger partial charge in [-0.15, -0.1) is 0 Å². The van der Waals surface area contributed by atoms with Gasteiger partial charge in [-0.1, -0.05) is 0 Å². The fourth-order valence-electron chi connectivity index (χ4n) is 1.42. The first kappa shape index (κ1) is 15.7. The third-order valence-electron chi connectivity index (χ3n) is 2.28. The number of carbonyl (C=O) groups excluding carboxylic acids is 3. The summed E-state index contributed by atoms with van der Waals surface area (Å²) in [5.41, 5.74) is 0.818. The zero-order chi connectivity index (χ0) is 15.1. The monoisotopic (exact) mass is 278 g/mol. The van der Waals surface area contributed by atoms with Crippen LogP contribution in [0.25, 0.3) is 0 Å². The predicted octanol–water partition coefficient (Wildman–Crippen LogP) is 1.33. The first-order valence-electron chi connectivity index (χ1n) is 6.33. The van der Waals surface area contributed by atoms with E-state index in [1.807, 2.05) is 0 Å². The minimum absolute atomic E-state index is 0.112. The number of esters is 1. The van der Waals surface area contributed by atoms with E-state index in [0.717, 1.165) is 0 Å². The number of amides is 2. The van der Waals surface area contributed by atoms with Crippen LogP contribution in [0, 0.1) is 0 Å². The molecule has 0 atom stereocenters. The zero-order valence-electron chi connectivity index (χ0n) is 11.7. The second kappa shape index (κ2) is 7.28. The Morgan fingerprint density at radius 2 is 1.70 bits per heavy atom. The molecular formula is C14H18N2O4. The number of hydrogen-bond acceptors (Lipinski definition) is 4.